The predicted octanol–water partition coefficient (Wildman–Crippen LogP) is 0.839. The highest BCUT2D eigenvalue weighted by Gasteiger charge is 2.22. The number of hydrogen-bond donors (Lipinski definition) is 1. The van der Waals surface area contributed by atoms with Crippen molar-refractivity contribution in [3.63, 3.8) is 0 Å². The molecule has 0 fully saturated rings. The summed E-state index contributed by atoms with van der Waals surface area (Å²) in [6.07, 6.45) is 3.34. The van der Waals surface area contributed by atoms with Gasteiger partial charge in [-0.05, 0) is 18.2 Å². The van der Waals surface area contributed by atoms with Crippen LogP contribution in [0.3, 0.4) is 0 Å². The zero-order valence-corrected chi connectivity index (χ0v) is 12.6. The van der Waals surface area contributed by atoms with Gasteiger partial charge >= 0.3 is 0 Å². The lowest BCUT2D eigenvalue weighted by Crippen LogP contribution is -2.26. The first-order valence-corrected chi connectivity index (χ1v) is 7.71. The molecule has 0 aliphatic heterocycles. The summed E-state index contributed by atoms with van der Waals surface area (Å²) in [7, 11) is -0.482. The van der Waals surface area contributed by atoms with E-state index in [1.54, 1.807) is 24.1 Å². The molecule has 8 heteroatoms. The van der Waals surface area contributed by atoms with Crippen LogP contribution < -0.4 is 5.73 Å². The first kappa shape index (κ1) is 15.6. The monoisotopic (exact) mass is 312 g/mol. The van der Waals surface area contributed by atoms with Crippen molar-refractivity contribution in [1.29, 1.82) is 0 Å². The van der Waals surface area contributed by atoms with Gasteiger partial charge in [0.2, 0.25) is 10.0 Å². The van der Waals surface area contributed by atoms with Gasteiger partial charge in [-0.2, -0.15) is 9.40 Å². The Labute approximate surface area is 123 Å². The average Bonchev–Trinajstić information content (AvgIpc) is 2.84. The van der Waals surface area contributed by atoms with E-state index < -0.39 is 15.8 Å². The van der Waals surface area contributed by atoms with Crippen LogP contribution in [0.25, 0.3) is 0 Å². The highest BCUT2D eigenvalue weighted by atomic mass is 32.2. The van der Waals surface area contributed by atoms with Crippen molar-refractivity contribution in [2.75, 3.05) is 7.05 Å². The molecular formula is C13H17FN4O2S. The highest BCUT2D eigenvalue weighted by Crippen LogP contribution is 2.19. The number of halogens is 1. The van der Waals surface area contributed by atoms with Crippen molar-refractivity contribution in [2.45, 2.75) is 18.0 Å². The number of rotatable bonds is 5. The largest absolute Gasteiger partial charge is 0.326 e. The Hall–Kier alpha value is -1.77. The van der Waals surface area contributed by atoms with Gasteiger partial charge in [-0.3, -0.25) is 4.68 Å². The number of nitrogens with zero attached hydrogens (tertiary/aromatic N) is 3. The van der Waals surface area contributed by atoms with Crippen molar-refractivity contribution >= 4 is 10.0 Å². The first-order chi connectivity index (χ1) is 9.84. The Morgan fingerprint density at radius 1 is 1.43 bits per heavy atom. The molecule has 21 heavy (non-hydrogen) atoms. The maximum atomic E-state index is 13.4. The van der Waals surface area contributed by atoms with Gasteiger partial charge in [-0.25, -0.2) is 12.8 Å². The average molecular weight is 312 g/mol. The molecule has 2 aromatic rings. The first-order valence-electron chi connectivity index (χ1n) is 6.27. The fourth-order valence-corrected chi connectivity index (χ4v) is 3.15. The molecule has 0 saturated carbocycles. The molecular weight excluding hydrogens is 295 g/mol. The molecule has 0 aliphatic carbocycles. The number of sulfonamides is 1. The van der Waals surface area contributed by atoms with Crippen LogP contribution in [0, 0.1) is 5.82 Å². The molecule has 0 unspecified atom stereocenters. The van der Waals surface area contributed by atoms with Crippen molar-refractivity contribution in [1.82, 2.24) is 14.1 Å². The molecule has 0 spiro atoms. The molecule has 2 rings (SSSR count). The maximum absolute atomic E-state index is 13.4. The van der Waals surface area contributed by atoms with Crippen LogP contribution in [0.2, 0.25) is 0 Å². The molecule has 0 saturated heterocycles. The second-order valence-corrected chi connectivity index (χ2v) is 6.79. The van der Waals surface area contributed by atoms with E-state index in [9.17, 15) is 12.8 Å². The minimum Gasteiger partial charge on any atom is -0.326 e. The lowest BCUT2D eigenvalue weighted by atomic mass is 10.2. The van der Waals surface area contributed by atoms with Crippen LogP contribution in [-0.4, -0.2) is 29.6 Å². The number of aryl methyl sites for hydroxylation is 1. The topological polar surface area (TPSA) is 81.2 Å². The summed E-state index contributed by atoms with van der Waals surface area (Å²) in [6, 6.07) is 3.63. The summed E-state index contributed by atoms with van der Waals surface area (Å²) in [5, 5.41) is 3.99. The zero-order chi connectivity index (χ0) is 15.6. The third-order valence-electron chi connectivity index (χ3n) is 3.11. The fraction of sp³-hybridized carbons (Fsp3) is 0.308. The fourth-order valence-electron chi connectivity index (χ4n) is 1.94. The van der Waals surface area contributed by atoms with E-state index in [0.717, 1.165) is 11.6 Å². The van der Waals surface area contributed by atoms with Gasteiger partial charge in [0.05, 0.1) is 11.1 Å². The third-order valence-corrected chi connectivity index (χ3v) is 4.91. The lowest BCUT2D eigenvalue weighted by Gasteiger charge is -2.17. The van der Waals surface area contributed by atoms with Crippen LogP contribution in [-0.2, 0) is 30.2 Å². The van der Waals surface area contributed by atoms with E-state index in [4.69, 9.17) is 5.73 Å². The molecule has 0 amide bonds. The van der Waals surface area contributed by atoms with Gasteiger partial charge < -0.3 is 5.73 Å². The third kappa shape index (κ3) is 3.29. The van der Waals surface area contributed by atoms with Crippen molar-refractivity contribution in [2.24, 2.45) is 12.8 Å². The Morgan fingerprint density at radius 2 is 2.14 bits per heavy atom. The van der Waals surface area contributed by atoms with E-state index in [-0.39, 0.29) is 23.5 Å². The Kier molecular flexibility index (Phi) is 4.40. The molecule has 0 bridgehead atoms. The van der Waals surface area contributed by atoms with E-state index in [0.29, 0.717) is 0 Å². The van der Waals surface area contributed by atoms with Crippen LogP contribution in [0.5, 0.6) is 0 Å². The summed E-state index contributed by atoms with van der Waals surface area (Å²) in [5.41, 5.74) is 6.35. The van der Waals surface area contributed by atoms with Gasteiger partial charge in [0, 0.05) is 44.5 Å². The highest BCUT2D eigenvalue weighted by molar-refractivity contribution is 7.89. The van der Waals surface area contributed by atoms with Gasteiger partial charge in [-0.1, -0.05) is 0 Å². The number of benzene rings is 1. The Balaban J connectivity index is 2.28. The van der Waals surface area contributed by atoms with Gasteiger partial charge in [0.1, 0.15) is 5.82 Å². The molecule has 6 nitrogen and oxygen atoms in total. The van der Waals surface area contributed by atoms with E-state index >= 15 is 0 Å². The summed E-state index contributed by atoms with van der Waals surface area (Å²) in [6.45, 7) is 0.132. The molecule has 0 radical (unpaired) electrons. The quantitative estimate of drug-likeness (QED) is 0.887. The van der Waals surface area contributed by atoms with E-state index in [2.05, 4.69) is 5.10 Å². The number of hydrogen-bond acceptors (Lipinski definition) is 4. The van der Waals surface area contributed by atoms with E-state index in [1.165, 1.54) is 23.5 Å². The smallest absolute Gasteiger partial charge is 0.243 e. The summed E-state index contributed by atoms with van der Waals surface area (Å²) in [4.78, 5) is 0.0238. The second-order valence-electron chi connectivity index (χ2n) is 4.74. The zero-order valence-electron chi connectivity index (χ0n) is 11.8. The van der Waals surface area contributed by atoms with Crippen LogP contribution >= 0.6 is 0 Å². The van der Waals surface area contributed by atoms with Crippen molar-refractivity contribution in [3.8, 4) is 0 Å². The molecule has 114 valence electrons. The molecule has 1 aromatic heterocycles. The van der Waals surface area contributed by atoms with Crippen LogP contribution in [0.1, 0.15) is 11.1 Å². The van der Waals surface area contributed by atoms with Crippen LogP contribution in [0.4, 0.5) is 4.39 Å². The number of aromatic nitrogens is 2. The molecule has 0 aliphatic rings. The normalized spacial score (nSPS) is 12.0. The summed E-state index contributed by atoms with van der Waals surface area (Å²) >= 11 is 0. The second kappa shape index (κ2) is 5.92. The Bertz CT molecular complexity index is 742. The minimum atomic E-state index is -3.70. The SMILES string of the molecule is CN(Cc1cnn(C)c1)S(=O)(=O)c1ccc(F)c(CN)c1. The van der Waals surface area contributed by atoms with Gasteiger partial charge in [0.25, 0.3) is 0 Å². The summed E-state index contributed by atoms with van der Waals surface area (Å²) in [5.74, 6) is -0.508. The summed E-state index contributed by atoms with van der Waals surface area (Å²) < 4.78 is 41.1. The van der Waals surface area contributed by atoms with Gasteiger partial charge in [0.15, 0.2) is 0 Å². The van der Waals surface area contributed by atoms with E-state index in [1.807, 2.05) is 0 Å². The van der Waals surface area contributed by atoms with Crippen molar-refractivity contribution < 1.29 is 12.8 Å². The van der Waals surface area contributed by atoms with Gasteiger partial charge in [-0.15, -0.1) is 0 Å². The molecule has 1 heterocycles. The van der Waals surface area contributed by atoms with Crippen molar-refractivity contribution in [3.05, 3.63) is 47.5 Å². The molecule has 0 atom stereocenters. The predicted molar refractivity (Wildman–Crippen MR) is 76.2 cm³/mol. The Morgan fingerprint density at radius 3 is 2.71 bits per heavy atom. The molecule has 2 N–H and O–H groups in total. The minimum absolute atomic E-state index is 0.0238. The van der Waals surface area contributed by atoms with Crippen LogP contribution in [0.15, 0.2) is 35.5 Å². The number of nitrogens with two attached hydrogens (primary N) is 1. The maximum Gasteiger partial charge on any atom is 0.243 e. The lowest BCUT2D eigenvalue weighted by molar-refractivity contribution is 0.466. The standard InChI is InChI=1S/C13H17FN4O2S/c1-17-8-10(7-16-17)9-18(2)21(19,20)12-3-4-13(14)11(5-12)6-15/h3-5,7-8H,6,9,15H2,1-2H3. The molecule has 1 aromatic carbocycles.